The van der Waals surface area contributed by atoms with Gasteiger partial charge in [0.2, 0.25) is 0 Å². The summed E-state index contributed by atoms with van der Waals surface area (Å²) in [7, 11) is 0. The van der Waals surface area contributed by atoms with Crippen LogP contribution in [0.4, 0.5) is 10.1 Å². The minimum atomic E-state index is -0.325. The van der Waals surface area contributed by atoms with Crippen LogP contribution in [0.5, 0.6) is 0 Å². The molecule has 0 bridgehead atoms. The van der Waals surface area contributed by atoms with E-state index in [1.165, 1.54) is 18.9 Å². The average molecular weight is 278 g/mol. The highest BCUT2D eigenvalue weighted by molar-refractivity contribution is 5.97. The zero-order chi connectivity index (χ0) is 14.1. The number of nitrogens with two attached hydrogens (primary N) is 1. The molecule has 3 N–H and O–H groups in total. The van der Waals surface area contributed by atoms with Crippen molar-refractivity contribution >= 4 is 11.5 Å². The van der Waals surface area contributed by atoms with Gasteiger partial charge in [-0.2, -0.15) is 0 Å². The standard InChI is InChI=1S/C14H19FN4O/c15-12-9-10(14(16)17-20)1-4-13(12)19-7-5-18(6-8-19)11-2-3-11/h1,4,9,11,20H,2-3,5-8H2,(H2,16,17). The van der Waals surface area contributed by atoms with Crippen LogP contribution in [0, 0.1) is 5.82 Å². The molecule has 0 unspecified atom stereocenters. The van der Waals surface area contributed by atoms with Gasteiger partial charge in [0, 0.05) is 37.8 Å². The van der Waals surface area contributed by atoms with E-state index in [2.05, 4.69) is 15.0 Å². The number of anilines is 1. The number of amidine groups is 1. The molecule has 0 aromatic heterocycles. The van der Waals surface area contributed by atoms with Crippen molar-refractivity contribution in [1.29, 1.82) is 0 Å². The van der Waals surface area contributed by atoms with E-state index in [1.807, 2.05) is 0 Å². The minimum Gasteiger partial charge on any atom is -0.409 e. The molecule has 108 valence electrons. The second-order valence-electron chi connectivity index (χ2n) is 5.41. The highest BCUT2D eigenvalue weighted by Crippen LogP contribution is 2.29. The lowest BCUT2D eigenvalue weighted by Crippen LogP contribution is -2.47. The number of rotatable bonds is 3. The Morgan fingerprint density at radius 3 is 2.50 bits per heavy atom. The Morgan fingerprint density at radius 2 is 1.95 bits per heavy atom. The SMILES string of the molecule is NC(=NO)c1ccc(N2CCN(C3CC3)CC2)c(F)c1. The van der Waals surface area contributed by atoms with E-state index in [0.29, 0.717) is 11.3 Å². The van der Waals surface area contributed by atoms with Crippen molar-refractivity contribution in [3.63, 3.8) is 0 Å². The van der Waals surface area contributed by atoms with Gasteiger partial charge in [-0.1, -0.05) is 5.16 Å². The van der Waals surface area contributed by atoms with Crippen LogP contribution in [0.2, 0.25) is 0 Å². The van der Waals surface area contributed by atoms with Gasteiger partial charge in [0.1, 0.15) is 5.82 Å². The molecule has 1 heterocycles. The predicted molar refractivity (Wildman–Crippen MR) is 75.7 cm³/mol. The molecule has 0 atom stereocenters. The van der Waals surface area contributed by atoms with Crippen molar-refractivity contribution in [1.82, 2.24) is 4.90 Å². The van der Waals surface area contributed by atoms with Crippen LogP contribution in [0.3, 0.4) is 0 Å². The van der Waals surface area contributed by atoms with Crippen molar-refractivity contribution in [3.05, 3.63) is 29.6 Å². The van der Waals surface area contributed by atoms with Crippen molar-refractivity contribution in [2.24, 2.45) is 10.9 Å². The van der Waals surface area contributed by atoms with Gasteiger partial charge in [-0.15, -0.1) is 0 Å². The molecule has 1 saturated carbocycles. The number of oxime groups is 1. The number of piperazine rings is 1. The maximum atomic E-state index is 14.2. The first-order chi connectivity index (χ1) is 9.69. The quantitative estimate of drug-likeness (QED) is 0.377. The first kappa shape index (κ1) is 13.2. The molecule has 1 aliphatic carbocycles. The Bertz CT molecular complexity index is 522. The van der Waals surface area contributed by atoms with E-state index in [9.17, 15) is 4.39 Å². The molecule has 1 aromatic carbocycles. The molecule has 3 rings (SSSR count). The highest BCUT2D eigenvalue weighted by Gasteiger charge is 2.31. The summed E-state index contributed by atoms with van der Waals surface area (Å²) in [6, 6.07) is 5.47. The lowest BCUT2D eigenvalue weighted by Gasteiger charge is -2.36. The maximum Gasteiger partial charge on any atom is 0.170 e. The van der Waals surface area contributed by atoms with Crippen molar-refractivity contribution in [2.45, 2.75) is 18.9 Å². The maximum absolute atomic E-state index is 14.2. The fourth-order valence-corrected chi connectivity index (χ4v) is 2.75. The third-order valence-electron chi connectivity index (χ3n) is 4.07. The Hall–Kier alpha value is -1.82. The first-order valence-corrected chi connectivity index (χ1v) is 6.95. The molecule has 0 spiro atoms. The summed E-state index contributed by atoms with van der Waals surface area (Å²) in [5.74, 6) is -0.400. The molecular formula is C14H19FN4O. The predicted octanol–water partition coefficient (Wildman–Crippen LogP) is 1.20. The zero-order valence-electron chi connectivity index (χ0n) is 11.3. The fourth-order valence-electron chi connectivity index (χ4n) is 2.75. The molecule has 2 fully saturated rings. The van der Waals surface area contributed by atoms with Crippen LogP contribution in [0.15, 0.2) is 23.4 Å². The summed E-state index contributed by atoms with van der Waals surface area (Å²) in [4.78, 5) is 4.55. The summed E-state index contributed by atoms with van der Waals surface area (Å²) in [6.45, 7) is 3.67. The highest BCUT2D eigenvalue weighted by atomic mass is 19.1. The van der Waals surface area contributed by atoms with Gasteiger partial charge in [-0.05, 0) is 31.0 Å². The van der Waals surface area contributed by atoms with Crippen LogP contribution in [0.25, 0.3) is 0 Å². The van der Waals surface area contributed by atoms with Gasteiger partial charge in [0.05, 0.1) is 5.69 Å². The molecule has 0 radical (unpaired) electrons. The topological polar surface area (TPSA) is 65.1 Å². The number of halogens is 1. The van der Waals surface area contributed by atoms with Gasteiger partial charge in [-0.25, -0.2) is 4.39 Å². The largest absolute Gasteiger partial charge is 0.409 e. The summed E-state index contributed by atoms with van der Waals surface area (Å²) < 4.78 is 14.2. The fraction of sp³-hybridized carbons (Fsp3) is 0.500. The van der Waals surface area contributed by atoms with E-state index in [0.717, 1.165) is 32.2 Å². The van der Waals surface area contributed by atoms with Crippen molar-refractivity contribution < 1.29 is 9.60 Å². The molecule has 1 saturated heterocycles. The Labute approximate surface area is 117 Å². The minimum absolute atomic E-state index is 0.0750. The van der Waals surface area contributed by atoms with Crippen molar-refractivity contribution in [3.8, 4) is 0 Å². The van der Waals surface area contributed by atoms with Crippen LogP contribution in [0.1, 0.15) is 18.4 Å². The molecule has 5 nitrogen and oxygen atoms in total. The average Bonchev–Trinajstić information content (AvgIpc) is 3.31. The van der Waals surface area contributed by atoms with E-state index in [-0.39, 0.29) is 11.7 Å². The molecule has 1 aromatic rings. The van der Waals surface area contributed by atoms with E-state index < -0.39 is 0 Å². The van der Waals surface area contributed by atoms with E-state index in [1.54, 1.807) is 12.1 Å². The van der Waals surface area contributed by atoms with Gasteiger partial charge >= 0.3 is 0 Å². The van der Waals surface area contributed by atoms with Crippen LogP contribution < -0.4 is 10.6 Å². The molecule has 20 heavy (non-hydrogen) atoms. The van der Waals surface area contributed by atoms with Crippen LogP contribution in [-0.4, -0.2) is 48.2 Å². The van der Waals surface area contributed by atoms with Crippen LogP contribution in [-0.2, 0) is 0 Å². The smallest absolute Gasteiger partial charge is 0.170 e. The first-order valence-electron chi connectivity index (χ1n) is 6.95. The summed E-state index contributed by atoms with van der Waals surface area (Å²) in [6.07, 6.45) is 2.62. The normalized spacial score (nSPS) is 21.2. The Balaban J connectivity index is 1.71. The number of benzene rings is 1. The van der Waals surface area contributed by atoms with Gasteiger partial charge in [0.25, 0.3) is 0 Å². The van der Waals surface area contributed by atoms with Crippen molar-refractivity contribution in [2.75, 3.05) is 31.1 Å². The monoisotopic (exact) mass is 278 g/mol. The molecule has 2 aliphatic rings. The molecule has 6 heteroatoms. The third-order valence-corrected chi connectivity index (χ3v) is 4.07. The van der Waals surface area contributed by atoms with Gasteiger partial charge in [0.15, 0.2) is 5.84 Å². The van der Waals surface area contributed by atoms with E-state index in [4.69, 9.17) is 10.9 Å². The molecule has 0 amide bonds. The lowest BCUT2D eigenvalue weighted by atomic mass is 10.1. The lowest BCUT2D eigenvalue weighted by molar-refractivity contribution is 0.247. The Morgan fingerprint density at radius 1 is 1.25 bits per heavy atom. The van der Waals surface area contributed by atoms with Crippen LogP contribution >= 0.6 is 0 Å². The molecule has 1 aliphatic heterocycles. The van der Waals surface area contributed by atoms with E-state index >= 15 is 0 Å². The summed E-state index contributed by atoms with van der Waals surface area (Å²) >= 11 is 0. The Kier molecular flexibility index (Phi) is 3.48. The summed E-state index contributed by atoms with van der Waals surface area (Å²) in [5, 5.41) is 11.5. The molecular weight excluding hydrogens is 259 g/mol. The second-order valence-corrected chi connectivity index (χ2v) is 5.41. The van der Waals surface area contributed by atoms with Gasteiger partial charge in [-0.3, -0.25) is 4.90 Å². The zero-order valence-corrected chi connectivity index (χ0v) is 11.3. The second kappa shape index (κ2) is 5.28. The number of hydrogen-bond acceptors (Lipinski definition) is 4. The van der Waals surface area contributed by atoms with Gasteiger partial charge < -0.3 is 15.8 Å². The summed E-state index contributed by atoms with van der Waals surface area (Å²) in [5.41, 5.74) is 6.45. The number of hydrogen-bond donors (Lipinski definition) is 2. The third kappa shape index (κ3) is 2.56. The number of nitrogens with zero attached hydrogens (tertiary/aromatic N) is 3.